The van der Waals surface area contributed by atoms with Crippen LogP contribution in [-0.4, -0.2) is 49.0 Å². The van der Waals surface area contributed by atoms with Crippen molar-refractivity contribution in [1.29, 1.82) is 0 Å². The molecule has 1 heterocycles. The molecule has 112 valence electrons. The summed E-state index contributed by atoms with van der Waals surface area (Å²) in [5, 5.41) is 9.57. The van der Waals surface area contributed by atoms with E-state index in [2.05, 4.69) is 15.7 Å². The number of hydrogen-bond donors (Lipinski definition) is 3. The predicted molar refractivity (Wildman–Crippen MR) is 75.5 cm³/mol. The van der Waals surface area contributed by atoms with Crippen molar-refractivity contribution in [1.82, 2.24) is 15.1 Å². The van der Waals surface area contributed by atoms with Crippen LogP contribution in [0.2, 0.25) is 0 Å². The van der Waals surface area contributed by atoms with E-state index in [-0.39, 0.29) is 18.0 Å². The van der Waals surface area contributed by atoms with Gasteiger partial charge in [-0.2, -0.15) is 5.10 Å². The molecule has 8 heteroatoms. The zero-order chi connectivity index (χ0) is 14.8. The van der Waals surface area contributed by atoms with Gasteiger partial charge in [-0.05, 0) is 6.42 Å². The molecule has 0 aliphatic carbocycles. The van der Waals surface area contributed by atoms with E-state index in [0.29, 0.717) is 31.9 Å². The molecule has 0 saturated carbocycles. The molecule has 0 radical (unpaired) electrons. The first-order valence-corrected chi connectivity index (χ1v) is 6.44. The number of ether oxygens (including phenoxy) is 1. The Balaban J connectivity index is 2.47. The van der Waals surface area contributed by atoms with Crippen molar-refractivity contribution >= 4 is 11.6 Å². The van der Waals surface area contributed by atoms with Crippen LogP contribution in [0.15, 0.2) is 17.1 Å². The average Bonchev–Trinajstić information content (AvgIpc) is 2.44. The second-order valence-corrected chi connectivity index (χ2v) is 4.15. The Bertz CT molecular complexity index is 474. The standard InChI is InChI=1S/C12H21N5O3/c1-20-6-2-4-15-11(18)9-17-12(19)7-10(8-16-17)14-5-3-13/h7-8,14H,2-6,9,13H2,1H3,(H,15,18). The molecule has 4 N–H and O–H groups in total. The number of anilines is 1. The molecule has 20 heavy (non-hydrogen) atoms. The zero-order valence-electron chi connectivity index (χ0n) is 11.6. The van der Waals surface area contributed by atoms with Gasteiger partial charge in [0, 0.05) is 39.4 Å². The number of aromatic nitrogens is 2. The number of carbonyl (C=O) groups is 1. The minimum absolute atomic E-state index is 0.0943. The lowest BCUT2D eigenvalue weighted by atomic mass is 10.4. The molecule has 0 unspecified atom stereocenters. The summed E-state index contributed by atoms with van der Waals surface area (Å²) in [7, 11) is 1.60. The van der Waals surface area contributed by atoms with E-state index < -0.39 is 0 Å². The number of hydrogen-bond acceptors (Lipinski definition) is 6. The van der Waals surface area contributed by atoms with Crippen LogP contribution in [0.3, 0.4) is 0 Å². The summed E-state index contributed by atoms with van der Waals surface area (Å²) in [6.07, 6.45) is 2.22. The number of methoxy groups -OCH3 is 1. The molecule has 0 bridgehead atoms. The van der Waals surface area contributed by atoms with Crippen molar-refractivity contribution in [2.45, 2.75) is 13.0 Å². The monoisotopic (exact) mass is 283 g/mol. The molecule has 8 nitrogen and oxygen atoms in total. The summed E-state index contributed by atoms with van der Waals surface area (Å²) < 4.78 is 5.98. The van der Waals surface area contributed by atoms with Gasteiger partial charge in [-0.25, -0.2) is 4.68 Å². The van der Waals surface area contributed by atoms with Gasteiger partial charge >= 0.3 is 0 Å². The van der Waals surface area contributed by atoms with E-state index in [1.54, 1.807) is 7.11 Å². The summed E-state index contributed by atoms with van der Waals surface area (Å²) in [5.41, 5.74) is 5.61. The van der Waals surface area contributed by atoms with Gasteiger partial charge in [0.05, 0.1) is 11.9 Å². The molecule has 0 fully saturated rings. The molecule has 1 rings (SSSR count). The highest BCUT2D eigenvalue weighted by Gasteiger charge is 2.05. The van der Waals surface area contributed by atoms with Crippen LogP contribution < -0.4 is 21.9 Å². The SMILES string of the molecule is COCCCNC(=O)Cn1ncc(NCCN)cc1=O. The first-order valence-electron chi connectivity index (χ1n) is 6.44. The summed E-state index contributed by atoms with van der Waals surface area (Å²) in [6.45, 7) is 2.03. The second-order valence-electron chi connectivity index (χ2n) is 4.15. The maximum Gasteiger partial charge on any atom is 0.269 e. The first-order chi connectivity index (χ1) is 9.67. The highest BCUT2D eigenvalue weighted by atomic mass is 16.5. The Hall–Kier alpha value is -1.93. The summed E-state index contributed by atoms with van der Waals surface area (Å²) >= 11 is 0. The molecule has 0 aliphatic heterocycles. The van der Waals surface area contributed by atoms with Crippen LogP contribution in [0, 0.1) is 0 Å². The highest BCUT2D eigenvalue weighted by Crippen LogP contribution is 1.97. The van der Waals surface area contributed by atoms with Crippen LogP contribution in [-0.2, 0) is 16.1 Å². The largest absolute Gasteiger partial charge is 0.385 e. The van der Waals surface area contributed by atoms with E-state index >= 15 is 0 Å². The fourth-order valence-electron chi connectivity index (χ4n) is 1.50. The fraction of sp³-hybridized carbons (Fsp3) is 0.583. The number of nitrogens with two attached hydrogens (primary N) is 1. The molecular formula is C12H21N5O3. The molecular weight excluding hydrogens is 262 g/mol. The summed E-state index contributed by atoms with van der Waals surface area (Å²) in [5.74, 6) is -0.252. The van der Waals surface area contributed by atoms with Crippen molar-refractivity contribution in [2.24, 2.45) is 5.73 Å². The number of nitrogens with one attached hydrogen (secondary N) is 2. The van der Waals surface area contributed by atoms with Crippen LogP contribution in [0.5, 0.6) is 0 Å². The number of amides is 1. The third-order valence-corrected chi connectivity index (χ3v) is 2.48. The van der Waals surface area contributed by atoms with E-state index in [1.165, 1.54) is 12.3 Å². The maximum atomic E-state index is 11.7. The quantitative estimate of drug-likeness (QED) is 0.489. The van der Waals surface area contributed by atoms with E-state index in [1.807, 2.05) is 0 Å². The maximum absolute atomic E-state index is 11.7. The van der Waals surface area contributed by atoms with Crippen LogP contribution in [0.1, 0.15) is 6.42 Å². The Labute approximate surface area is 117 Å². The molecule has 1 aromatic heterocycles. The van der Waals surface area contributed by atoms with Crippen molar-refractivity contribution in [2.75, 3.05) is 38.7 Å². The Kier molecular flexibility index (Phi) is 7.30. The second kappa shape index (κ2) is 9.05. The fourth-order valence-corrected chi connectivity index (χ4v) is 1.50. The van der Waals surface area contributed by atoms with Gasteiger partial charge in [0.1, 0.15) is 6.54 Å². The number of carbonyl (C=O) groups excluding carboxylic acids is 1. The topological polar surface area (TPSA) is 111 Å². The molecule has 0 saturated heterocycles. The zero-order valence-corrected chi connectivity index (χ0v) is 11.6. The average molecular weight is 283 g/mol. The van der Waals surface area contributed by atoms with Gasteiger partial charge in [0.25, 0.3) is 5.56 Å². The van der Waals surface area contributed by atoms with Crippen molar-refractivity contribution in [3.63, 3.8) is 0 Å². The van der Waals surface area contributed by atoms with Crippen LogP contribution in [0.4, 0.5) is 5.69 Å². The van der Waals surface area contributed by atoms with Crippen molar-refractivity contribution < 1.29 is 9.53 Å². The highest BCUT2D eigenvalue weighted by molar-refractivity contribution is 5.75. The smallest absolute Gasteiger partial charge is 0.269 e. The van der Waals surface area contributed by atoms with Gasteiger partial charge in [0.2, 0.25) is 5.91 Å². The lowest BCUT2D eigenvalue weighted by molar-refractivity contribution is -0.121. The molecule has 0 spiro atoms. The summed E-state index contributed by atoms with van der Waals surface area (Å²) in [4.78, 5) is 23.3. The summed E-state index contributed by atoms with van der Waals surface area (Å²) in [6, 6.07) is 1.39. The van der Waals surface area contributed by atoms with Crippen molar-refractivity contribution in [3.8, 4) is 0 Å². The van der Waals surface area contributed by atoms with E-state index in [9.17, 15) is 9.59 Å². The Morgan fingerprint density at radius 1 is 1.50 bits per heavy atom. The third kappa shape index (κ3) is 5.81. The molecule has 1 amide bonds. The molecule has 0 aromatic carbocycles. The van der Waals surface area contributed by atoms with Crippen molar-refractivity contribution in [3.05, 3.63) is 22.6 Å². The lowest BCUT2D eigenvalue weighted by Crippen LogP contribution is -2.34. The third-order valence-electron chi connectivity index (χ3n) is 2.48. The van der Waals surface area contributed by atoms with Gasteiger partial charge in [-0.15, -0.1) is 0 Å². The lowest BCUT2D eigenvalue weighted by Gasteiger charge is -2.08. The number of rotatable bonds is 9. The van der Waals surface area contributed by atoms with Gasteiger partial charge < -0.3 is 21.1 Å². The molecule has 1 aromatic rings. The minimum atomic E-state index is -0.334. The van der Waals surface area contributed by atoms with E-state index in [4.69, 9.17) is 10.5 Å². The predicted octanol–water partition coefficient (Wildman–Crippen LogP) is -1.23. The van der Waals surface area contributed by atoms with Crippen LogP contribution >= 0.6 is 0 Å². The first kappa shape index (κ1) is 16.1. The van der Waals surface area contributed by atoms with Gasteiger partial charge in [-0.1, -0.05) is 0 Å². The van der Waals surface area contributed by atoms with Crippen LogP contribution in [0.25, 0.3) is 0 Å². The normalized spacial score (nSPS) is 10.3. The molecule has 0 aliphatic rings. The van der Waals surface area contributed by atoms with Gasteiger partial charge in [-0.3, -0.25) is 9.59 Å². The Morgan fingerprint density at radius 2 is 2.30 bits per heavy atom. The Morgan fingerprint density at radius 3 is 2.95 bits per heavy atom. The van der Waals surface area contributed by atoms with Gasteiger partial charge in [0.15, 0.2) is 0 Å². The van der Waals surface area contributed by atoms with E-state index in [0.717, 1.165) is 11.1 Å². The molecule has 0 atom stereocenters. The number of nitrogens with zero attached hydrogens (tertiary/aromatic N) is 2. The minimum Gasteiger partial charge on any atom is -0.385 e.